The number of nitrogens with one attached hydrogen (secondary N) is 3. The fraction of sp³-hybridized carbons (Fsp3) is 0.0870. The largest absolute Gasteiger partial charge is 0.489 e. The van der Waals surface area contributed by atoms with Crippen LogP contribution in [-0.4, -0.2) is 11.0 Å². The predicted molar refractivity (Wildman–Crippen MR) is 118 cm³/mol. The molecule has 0 saturated carbocycles. The minimum absolute atomic E-state index is 0.303. The van der Waals surface area contributed by atoms with Crippen LogP contribution >= 0.6 is 12.2 Å². The molecule has 30 heavy (non-hydrogen) atoms. The summed E-state index contributed by atoms with van der Waals surface area (Å²) in [5.41, 5.74) is 8.27. The number of thiocarbonyl (C=S) groups is 1. The summed E-state index contributed by atoms with van der Waals surface area (Å²) in [4.78, 5) is 12.4. The molecule has 1 amide bonds. The van der Waals surface area contributed by atoms with Crippen molar-refractivity contribution in [2.24, 2.45) is 0 Å². The first-order valence-corrected chi connectivity index (χ1v) is 9.65. The maximum absolute atomic E-state index is 12.4. The molecule has 0 heterocycles. The highest BCUT2D eigenvalue weighted by atomic mass is 32.1. The SMILES string of the molecule is N#Cc1ccc(OCc2cccc(C(=O)NNC(=S)NCc3ccccc3)c2)cc1. The Morgan fingerprint density at radius 1 is 0.933 bits per heavy atom. The number of hydrazine groups is 1. The number of rotatable bonds is 6. The molecular weight excluding hydrogens is 396 g/mol. The fourth-order valence-electron chi connectivity index (χ4n) is 2.60. The summed E-state index contributed by atoms with van der Waals surface area (Å²) < 4.78 is 5.71. The van der Waals surface area contributed by atoms with E-state index in [0.717, 1.165) is 11.1 Å². The van der Waals surface area contributed by atoms with E-state index in [-0.39, 0.29) is 5.91 Å². The molecule has 6 nitrogen and oxygen atoms in total. The highest BCUT2D eigenvalue weighted by Crippen LogP contribution is 2.14. The number of carbonyl (C=O) groups excluding carboxylic acids is 1. The third kappa shape index (κ3) is 6.33. The number of hydrogen-bond donors (Lipinski definition) is 3. The Morgan fingerprint density at radius 3 is 2.40 bits per heavy atom. The number of carbonyl (C=O) groups is 1. The van der Waals surface area contributed by atoms with Crippen LogP contribution in [0.1, 0.15) is 27.0 Å². The molecule has 0 unspecified atom stereocenters. The zero-order valence-electron chi connectivity index (χ0n) is 16.1. The summed E-state index contributed by atoms with van der Waals surface area (Å²) >= 11 is 5.18. The van der Waals surface area contributed by atoms with E-state index in [1.807, 2.05) is 36.4 Å². The van der Waals surface area contributed by atoms with Gasteiger partial charge in [0.1, 0.15) is 12.4 Å². The van der Waals surface area contributed by atoms with Crippen LogP contribution in [0.3, 0.4) is 0 Å². The van der Waals surface area contributed by atoms with Gasteiger partial charge in [0.2, 0.25) is 0 Å². The Hall–Kier alpha value is -3.89. The quantitative estimate of drug-likeness (QED) is 0.422. The highest BCUT2D eigenvalue weighted by molar-refractivity contribution is 7.80. The number of nitriles is 1. The molecule has 0 radical (unpaired) electrons. The minimum Gasteiger partial charge on any atom is -0.489 e. The van der Waals surface area contributed by atoms with Gasteiger partial charge in [-0.15, -0.1) is 0 Å². The van der Waals surface area contributed by atoms with Crippen LogP contribution in [0.15, 0.2) is 78.9 Å². The summed E-state index contributed by atoms with van der Waals surface area (Å²) in [5.74, 6) is 0.347. The summed E-state index contributed by atoms with van der Waals surface area (Å²) in [6.07, 6.45) is 0. The molecule has 0 atom stereocenters. The van der Waals surface area contributed by atoms with Crippen molar-refractivity contribution in [3.63, 3.8) is 0 Å². The van der Waals surface area contributed by atoms with Gasteiger partial charge < -0.3 is 10.1 Å². The molecule has 150 valence electrons. The van der Waals surface area contributed by atoms with Gasteiger partial charge in [-0.1, -0.05) is 42.5 Å². The van der Waals surface area contributed by atoms with Gasteiger partial charge in [0.25, 0.3) is 5.91 Å². The van der Waals surface area contributed by atoms with Crippen molar-refractivity contribution in [1.82, 2.24) is 16.2 Å². The molecule has 7 heteroatoms. The molecule has 0 aliphatic rings. The average molecular weight is 417 g/mol. The first-order valence-electron chi connectivity index (χ1n) is 9.24. The van der Waals surface area contributed by atoms with Gasteiger partial charge in [-0.2, -0.15) is 5.26 Å². The Kier molecular flexibility index (Phi) is 7.36. The molecule has 0 aliphatic heterocycles. The van der Waals surface area contributed by atoms with E-state index < -0.39 is 0 Å². The molecule has 0 aliphatic carbocycles. The summed E-state index contributed by atoms with van der Waals surface area (Å²) in [6.45, 7) is 0.863. The van der Waals surface area contributed by atoms with Crippen molar-refractivity contribution in [3.05, 3.63) is 101 Å². The van der Waals surface area contributed by atoms with Crippen LogP contribution in [0.25, 0.3) is 0 Å². The van der Waals surface area contributed by atoms with Crippen molar-refractivity contribution in [2.45, 2.75) is 13.2 Å². The van der Waals surface area contributed by atoms with Gasteiger partial charge >= 0.3 is 0 Å². The zero-order valence-corrected chi connectivity index (χ0v) is 16.9. The molecule has 3 aromatic carbocycles. The molecule has 3 N–H and O–H groups in total. The monoisotopic (exact) mass is 416 g/mol. The topological polar surface area (TPSA) is 86.2 Å². The van der Waals surface area contributed by atoms with Crippen LogP contribution in [-0.2, 0) is 13.2 Å². The molecule has 0 fully saturated rings. The van der Waals surface area contributed by atoms with Crippen molar-refractivity contribution < 1.29 is 9.53 Å². The highest BCUT2D eigenvalue weighted by Gasteiger charge is 2.07. The first-order chi connectivity index (χ1) is 14.6. The number of benzene rings is 3. The lowest BCUT2D eigenvalue weighted by Crippen LogP contribution is -2.46. The van der Waals surface area contributed by atoms with E-state index in [1.165, 1.54) is 0 Å². The summed E-state index contributed by atoms with van der Waals surface area (Å²) in [7, 11) is 0. The normalized spacial score (nSPS) is 9.83. The van der Waals surface area contributed by atoms with Crippen LogP contribution in [0.4, 0.5) is 0 Å². The van der Waals surface area contributed by atoms with E-state index in [9.17, 15) is 4.79 Å². The molecule has 0 bridgehead atoms. The van der Waals surface area contributed by atoms with Gasteiger partial charge in [0.15, 0.2) is 5.11 Å². The van der Waals surface area contributed by atoms with Gasteiger partial charge in [0.05, 0.1) is 11.6 Å². The average Bonchev–Trinajstić information content (AvgIpc) is 2.81. The number of hydrogen-bond acceptors (Lipinski definition) is 4. The Balaban J connectivity index is 1.47. The molecule has 3 aromatic rings. The molecule has 0 saturated heterocycles. The lowest BCUT2D eigenvalue weighted by atomic mass is 10.1. The van der Waals surface area contributed by atoms with E-state index in [1.54, 1.807) is 42.5 Å². The van der Waals surface area contributed by atoms with Crippen LogP contribution < -0.4 is 20.9 Å². The number of ether oxygens (including phenoxy) is 1. The van der Waals surface area contributed by atoms with E-state index in [2.05, 4.69) is 22.2 Å². The van der Waals surface area contributed by atoms with Gasteiger partial charge in [-0.05, 0) is 59.7 Å². The number of nitrogens with zero attached hydrogens (tertiary/aromatic N) is 1. The molecular formula is C23H20N4O2S. The predicted octanol–water partition coefficient (Wildman–Crippen LogP) is 3.45. The molecule has 0 spiro atoms. The van der Waals surface area contributed by atoms with Crippen LogP contribution in [0.2, 0.25) is 0 Å². The second-order valence-corrected chi connectivity index (χ2v) is 6.78. The van der Waals surface area contributed by atoms with Gasteiger partial charge in [-0.25, -0.2) is 0 Å². The van der Waals surface area contributed by atoms with Gasteiger partial charge in [0, 0.05) is 12.1 Å². The molecule has 3 rings (SSSR count). The Bertz CT molecular complexity index is 1050. The second kappa shape index (κ2) is 10.6. The maximum atomic E-state index is 12.4. The van der Waals surface area contributed by atoms with Crippen molar-refractivity contribution >= 4 is 23.2 Å². The maximum Gasteiger partial charge on any atom is 0.269 e. The standard InChI is InChI=1S/C23H20N4O2S/c24-14-17-9-11-21(12-10-17)29-16-19-7-4-8-20(13-19)22(28)26-27-23(30)25-15-18-5-2-1-3-6-18/h1-13H,15-16H2,(H,26,28)(H2,25,27,30). The summed E-state index contributed by atoms with van der Waals surface area (Å²) in [5, 5.41) is 12.2. The number of amides is 1. The van der Waals surface area contributed by atoms with Crippen molar-refractivity contribution in [3.8, 4) is 11.8 Å². The van der Waals surface area contributed by atoms with E-state index in [4.69, 9.17) is 22.2 Å². The lowest BCUT2D eigenvalue weighted by Gasteiger charge is -2.12. The Morgan fingerprint density at radius 2 is 1.67 bits per heavy atom. The third-order valence-electron chi connectivity index (χ3n) is 4.16. The van der Waals surface area contributed by atoms with Crippen LogP contribution in [0.5, 0.6) is 5.75 Å². The van der Waals surface area contributed by atoms with E-state index in [0.29, 0.717) is 35.1 Å². The van der Waals surface area contributed by atoms with Gasteiger partial charge in [-0.3, -0.25) is 15.6 Å². The lowest BCUT2D eigenvalue weighted by molar-refractivity contribution is 0.0943. The molecule has 0 aromatic heterocycles. The van der Waals surface area contributed by atoms with Crippen molar-refractivity contribution in [2.75, 3.05) is 0 Å². The zero-order chi connectivity index (χ0) is 21.2. The first kappa shape index (κ1) is 20.8. The van der Waals surface area contributed by atoms with Crippen molar-refractivity contribution in [1.29, 1.82) is 5.26 Å². The second-order valence-electron chi connectivity index (χ2n) is 6.37. The third-order valence-corrected chi connectivity index (χ3v) is 4.41. The smallest absolute Gasteiger partial charge is 0.269 e. The summed E-state index contributed by atoms with van der Waals surface area (Å²) in [6, 6.07) is 25.9. The minimum atomic E-state index is -0.306. The van der Waals surface area contributed by atoms with E-state index >= 15 is 0 Å². The fourth-order valence-corrected chi connectivity index (χ4v) is 2.73. The van der Waals surface area contributed by atoms with Crippen LogP contribution in [0, 0.1) is 11.3 Å². The Labute approximate surface area is 180 Å².